The van der Waals surface area contributed by atoms with Crippen LogP contribution in [-0.2, 0) is 9.59 Å². The van der Waals surface area contributed by atoms with E-state index in [2.05, 4.69) is 5.32 Å². The highest BCUT2D eigenvalue weighted by atomic mass is 35.5. The van der Waals surface area contributed by atoms with Crippen LogP contribution in [0.25, 0.3) is 0 Å². The van der Waals surface area contributed by atoms with Crippen molar-refractivity contribution < 1.29 is 19.5 Å². The van der Waals surface area contributed by atoms with Crippen molar-refractivity contribution >= 4 is 30.3 Å². The monoisotopic (exact) mass is 331 g/mol. The fourth-order valence-corrected chi connectivity index (χ4v) is 3.80. The van der Waals surface area contributed by atoms with Crippen molar-refractivity contribution in [3.05, 3.63) is 0 Å². The summed E-state index contributed by atoms with van der Waals surface area (Å²) in [5, 5.41) is 12.0. The predicted octanol–water partition coefficient (Wildman–Crippen LogP) is 0.822. The van der Waals surface area contributed by atoms with E-state index < -0.39 is 17.6 Å². The first kappa shape index (κ1) is 17.0. The van der Waals surface area contributed by atoms with Gasteiger partial charge in [-0.2, -0.15) is 0 Å². The zero-order valence-corrected chi connectivity index (χ0v) is 13.2. The largest absolute Gasteiger partial charge is 0.480 e. The molecule has 7 nitrogen and oxygen atoms in total. The molecular formula is C14H22ClN3O4. The highest BCUT2D eigenvalue weighted by Gasteiger charge is 2.52. The molecular weight excluding hydrogens is 310 g/mol. The first-order valence-corrected chi connectivity index (χ1v) is 7.64. The maximum absolute atomic E-state index is 12.5. The van der Waals surface area contributed by atoms with E-state index in [-0.39, 0.29) is 30.9 Å². The van der Waals surface area contributed by atoms with E-state index in [9.17, 15) is 14.4 Å². The summed E-state index contributed by atoms with van der Waals surface area (Å²) >= 11 is 0. The maximum atomic E-state index is 12.5. The Hall–Kier alpha value is -1.34. The average Bonchev–Trinajstić information content (AvgIpc) is 3.11. The summed E-state index contributed by atoms with van der Waals surface area (Å²) in [6.45, 7) is 1.42. The minimum Gasteiger partial charge on any atom is -0.480 e. The summed E-state index contributed by atoms with van der Waals surface area (Å²) in [6.07, 6.45) is 4.85. The first-order chi connectivity index (χ1) is 10.0. The highest BCUT2D eigenvalue weighted by Crippen LogP contribution is 2.35. The topological polar surface area (TPSA) is 89.9 Å². The van der Waals surface area contributed by atoms with Gasteiger partial charge in [0, 0.05) is 13.1 Å². The van der Waals surface area contributed by atoms with Gasteiger partial charge in [0.25, 0.3) is 5.91 Å². The number of aliphatic carboxylic acids is 1. The Morgan fingerprint density at radius 1 is 1.23 bits per heavy atom. The van der Waals surface area contributed by atoms with Crippen LogP contribution < -0.4 is 5.32 Å². The highest BCUT2D eigenvalue weighted by molar-refractivity contribution is 6.07. The fraction of sp³-hybridized carbons (Fsp3) is 0.786. The molecule has 3 rings (SSSR count). The molecule has 1 aliphatic carbocycles. The molecule has 2 N–H and O–H groups in total. The number of rotatable bonds is 4. The predicted molar refractivity (Wildman–Crippen MR) is 80.9 cm³/mol. The number of nitrogens with one attached hydrogen (secondary N) is 1. The Morgan fingerprint density at radius 3 is 2.55 bits per heavy atom. The molecule has 2 heterocycles. The summed E-state index contributed by atoms with van der Waals surface area (Å²) < 4.78 is 0. The second-order valence-electron chi connectivity index (χ2n) is 6.21. The molecule has 0 aromatic heterocycles. The maximum Gasteiger partial charge on any atom is 0.325 e. The van der Waals surface area contributed by atoms with Crippen molar-refractivity contribution in [3.63, 3.8) is 0 Å². The summed E-state index contributed by atoms with van der Waals surface area (Å²) in [5.41, 5.74) is -0.672. The molecule has 1 spiro atoms. The number of carboxylic acids is 1. The zero-order valence-electron chi connectivity index (χ0n) is 12.4. The molecule has 3 aliphatic rings. The van der Waals surface area contributed by atoms with Crippen molar-refractivity contribution in [1.29, 1.82) is 0 Å². The number of carboxylic acid groups (broad SMARTS) is 1. The number of likely N-dealkylation sites (tertiary alicyclic amines) is 1. The number of carbonyl (C=O) groups is 3. The third-order valence-corrected chi connectivity index (χ3v) is 4.96. The van der Waals surface area contributed by atoms with Gasteiger partial charge < -0.3 is 10.4 Å². The Kier molecular flexibility index (Phi) is 4.97. The molecule has 22 heavy (non-hydrogen) atoms. The molecule has 1 saturated carbocycles. The van der Waals surface area contributed by atoms with Crippen LogP contribution in [0.5, 0.6) is 0 Å². The van der Waals surface area contributed by atoms with E-state index in [4.69, 9.17) is 5.11 Å². The average molecular weight is 332 g/mol. The van der Waals surface area contributed by atoms with Gasteiger partial charge in [0.2, 0.25) is 0 Å². The van der Waals surface area contributed by atoms with Crippen LogP contribution in [0, 0.1) is 0 Å². The molecule has 2 aliphatic heterocycles. The Labute approximate surface area is 135 Å². The Balaban J connectivity index is 0.00000176. The van der Waals surface area contributed by atoms with E-state index >= 15 is 0 Å². The molecule has 0 aromatic rings. The third-order valence-electron chi connectivity index (χ3n) is 4.96. The molecule has 3 amide bonds. The molecule has 124 valence electrons. The van der Waals surface area contributed by atoms with Gasteiger partial charge in [-0.05, 0) is 32.2 Å². The van der Waals surface area contributed by atoms with Crippen LogP contribution in [0.3, 0.4) is 0 Å². The van der Waals surface area contributed by atoms with Crippen molar-refractivity contribution in [1.82, 2.24) is 15.1 Å². The number of hydrogen-bond donors (Lipinski definition) is 2. The normalized spacial score (nSPS) is 27.3. The lowest BCUT2D eigenvalue weighted by Crippen LogP contribution is -2.45. The standard InChI is InChI=1S/C14H21N3O4.ClH/c18-11(19)10-4-3-7-16(10)8-9-17-12(20)14(15-13(17)21)5-1-2-6-14;/h10H,1-9H2,(H,15,21)(H,18,19);1H. The summed E-state index contributed by atoms with van der Waals surface area (Å²) in [7, 11) is 0. The minimum atomic E-state index is -0.822. The van der Waals surface area contributed by atoms with Crippen molar-refractivity contribution in [2.45, 2.75) is 50.1 Å². The van der Waals surface area contributed by atoms with E-state index in [1.165, 1.54) is 4.90 Å². The quantitative estimate of drug-likeness (QED) is 0.744. The molecule has 1 unspecified atom stereocenters. The van der Waals surface area contributed by atoms with Gasteiger partial charge >= 0.3 is 12.0 Å². The number of amides is 3. The summed E-state index contributed by atoms with van der Waals surface area (Å²) in [5.74, 6) is -0.951. The minimum absolute atomic E-state index is 0. The molecule has 0 aromatic carbocycles. The van der Waals surface area contributed by atoms with E-state index in [1.807, 2.05) is 4.90 Å². The molecule has 2 saturated heterocycles. The van der Waals surface area contributed by atoms with Gasteiger partial charge in [0.15, 0.2) is 0 Å². The fourth-order valence-electron chi connectivity index (χ4n) is 3.80. The van der Waals surface area contributed by atoms with Gasteiger partial charge in [-0.3, -0.25) is 19.4 Å². The molecule has 3 fully saturated rings. The van der Waals surface area contributed by atoms with Gasteiger partial charge in [0.1, 0.15) is 11.6 Å². The van der Waals surface area contributed by atoms with E-state index in [0.29, 0.717) is 19.5 Å². The van der Waals surface area contributed by atoms with E-state index in [1.54, 1.807) is 0 Å². The lowest BCUT2D eigenvalue weighted by molar-refractivity contribution is -0.142. The molecule has 8 heteroatoms. The van der Waals surface area contributed by atoms with E-state index in [0.717, 1.165) is 32.1 Å². The lowest BCUT2D eigenvalue weighted by atomic mass is 9.98. The first-order valence-electron chi connectivity index (χ1n) is 7.64. The van der Waals surface area contributed by atoms with Crippen molar-refractivity contribution in [3.8, 4) is 0 Å². The molecule has 1 atom stereocenters. The van der Waals surface area contributed by atoms with Crippen molar-refractivity contribution in [2.75, 3.05) is 19.6 Å². The van der Waals surface area contributed by atoms with Crippen LogP contribution in [0.4, 0.5) is 4.79 Å². The molecule has 0 radical (unpaired) electrons. The van der Waals surface area contributed by atoms with Gasteiger partial charge in [0.05, 0.1) is 0 Å². The zero-order chi connectivity index (χ0) is 15.0. The number of hydrogen-bond acceptors (Lipinski definition) is 4. The number of urea groups is 1. The van der Waals surface area contributed by atoms with Crippen molar-refractivity contribution in [2.24, 2.45) is 0 Å². The second kappa shape index (κ2) is 6.42. The number of nitrogens with zero attached hydrogens (tertiary/aromatic N) is 2. The summed E-state index contributed by atoms with van der Waals surface area (Å²) in [6, 6.07) is -0.806. The SMILES string of the molecule is Cl.O=C(O)C1CCCN1CCN1C(=O)NC2(CCCC2)C1=O. The number of halogens is 1. The van der Waals surface area contributed by atoms with Crippen LogP contribution in [0.15, 0.2) is 0 Å². The second-order valence-corrected chi connectivity index (χ2v) is 6.21. The number of imide groups is 1. The van der Waals surface area contributed by atoms with Gasteiger partial charge in [-0.25, -0.2) is 4.79 Å². The van der Waals surface area contributed by atoms with Crippen LogP contribution >= 0.6 is 12.4 Å². The Morgan fingerprint density at radius 2 is 1.91 bits per heavy atom. The van der Waals surface area contributed by atoms with Crippen LogP contribution in [0.2, 0.25) is 0 Å². The van der Waals surface area contributed by atoms with Gasteiger partial charge in [-0.1, -0.05) is 12.8 Å². The van der Waals surface area contributed by atoms with Crippen LogP contribution in [0.1, 0.15) is 38.5 Å². The van der Waals surface area contributed by atoms with Crippen LogP contribution in [-0.4, -0.2) is 64.0 Å². The van der Waals surface area contributed by atoms with Gasteiger partial charge in [-0.15, -0.1) is 12.4 Å². The number of carbonyl (C=O) groups excluding carboxylic acids is 2. The third kappa shape index (κ3) is 2.79. The summed E-state index contributed by atoms with van der Waals surface area (Å²) in [4.78, 5) is 38.7. The lowest BCUT2D eigenvalue weighted by Gasteiger charge is -2.24. The molecule has 0 bridgehead atoms. The smallest absolute Gasteiger partial charge is 0.325 e. The Bertz CT molecular complexity index is 479.